The molecule has 0 bridgehead atoms. The maximum atomic E-state index is 5.27. The van der Waals surface area contributed by atoms with Crippen molar-refractivity contribution >= 4 is 0 Å². The SMILES string of the molecule is CCCNC(C)C(C)(C)CN1CCC(COC)C1. The van der Waals surface area contributed by atoms with Crippen LogP contribution in [0.2, 0.25) is 0 Å². The Bertz CT molecular complexity index is 231. The van der Waals surface area contributed by atoms with Crippen LogP contribution in [-0.4, -0.2) is 50.8 Å². The molecule has 0 aliphatic carbocycles. The van der Waals surface area contributed by atoms with E-state index in [-0.39, 0.29) is 0 Å². The summed E-state index contributed by atoms with van der Waals surface area (Å²) in [6.07, 6.45) is 2.50. The molecule has 108 valence electrons. The molecule has 2 atom stereocenters. The van der Waals surface area contributed by atoms with Gasteiger partial charge in [0.25, 0.3) is 0 Å². The van der Waals surface area contributed by atoms with Gasteiger partial charge in [0.2, 0.25) is 0 Å². The predicted octanol–water partition coefficient (Wildman–Crippen LogP) is 2.37. The van der Waals surface area contributed by atoms with Crippen molar-refractivity contribution in [1.82, 2.24) is 10.2 Å². The van der Waals surface area contributed by atoms with Gasteiger partial charge in [0.05, 0.1) is 6.61 Å². The minimum atomic E-state index is 0.330. The van der Waals surface area contributed by atoms with Crippen LogP contribution in [0.25, 0.3) is 0 Å². The molecule has 0 aromatic rings. The van der Waals surface area contributed by atoms with Gasteiger partial charge in [0.15, 0.2) is 0 Å². The fourth-order valence-electron chi connectivity index (χ4n) is 2.78. The zero-order chi connectivity index (χ0) is 13.6. The van der Waals surface area contributed by atoms with E-state index in [0.717, 1.165) is 19.1 Å². The largest absolute Gasteiger partial charge is 0.384 e. The molecule has 0 aromatic carbocycles. The normalized spacial score (nSPS) is 23.5. The second kappa shape index (κ2) is 7.46. The first kappa shape index (κ1) is 15.9. The van der Waals surface area contributed by atoms with Gasteiger partial charge in [-0.3, -0.25) is 0 Å². The summed E-state index contributed by atoms with van der Waals surface area (Å²) in [5.74, 6) is 0.740. The second-order valence-corrected chi connectivity index (χ2v) is 6.51. The Hall–Kier alpha value is -0.120. The van der Waals surface area contributed by atoms with E-state index in [1.165, 1.54) is 32.5 Å². The van der Waals surface area contributed by atoms with Crippen LogP contribution in [0.4, 0.5) is 0 Å². The molecule has 1 fully saturated rings. The number of methoxy groups -OCH3 is 1. The highest BCUT2D eigenvalue weighted by Gasteiger charge is 2.31. The van der Waals surface area contributed by atoms with E-state index in [4.69, 9.17) is 4.74 Å². The van der Waals surface area contributed by atoms with Crippen LogP contribution in [0.15, 0.2) is 0 Å². The number of hydrogen-bond donors (Lipinski definition) is 1. The average molecular weight is 256 g/mol. The Labute approximate surface area is 113 Å². The molecule has 1 saturated heterocycles. The van der Waals surface area contributed by atoms with Crippen LogP contribution in [0, 0.1) is 11.3 Å². The molecule has 0 aromatic heterocycles. The average Bonchev–Trinajstić information content (AvgIpc) is 2.73. The first-order valence-electron chi connectivity index (χ1n) is 7.44. The minimum Gasteiger partial charge on any atom is -0.384 e. The topological polar surface area (TPSA) is 24.5 Å². The molecular weight excluding hydrogens is 224 g/mol. The van der Waals surface area contributed by atoms with Crippen LogP contribution in [0.5, 0.6) is 0 Å². The molecule has 3 nitrogen and oxygen atoms in total. The van der Waals surface area contributed by atoms with Gasteiger partial charge < -0.3 is 15.0 Å². The molecule has 0 amide bonds. The fraction of sp³-hybridized carbons (Fsp3) is 1.00. The number of nitrogens with zero attached hydrogens (tertiary/aromatic N) is 1. The third kappa shape index (κ3) is 4.87. The summed E-state index contributed by atoms with van der Waals surface area (Å²) in [7, 11) is 1.81. The molecule has 1 aliphatic heterocycles. The third-order valence-electron chi connectivity index (χ3n) is 4.28. The summed E-state index contributed by atoms with van der Waals surface area (Å²) in [5.41, 5.74) is 0.330. The Morgan fingerprint density at radius 3 is 2.78 bits per heavy atom. The molecular formula is C15H32N2O. The lowest BCUT2D eigenvalue weighted by Crippen LogP contribution is -2.46. The lowest BCUT2D eigenvalue weighted by molar-refractivity contribution is 0.135. The molecule has 1 N–H and O–H groups in total. The highest BCUT2D eigenvalue weighted by atomic mass is 16.5. The van der Waals surface area contributed by atoms with Gasteiger partial charge in [-0.05, 0) is 44.2 Å². The number of hydrogen-bond acceptors (Lipinski definition) is 3. The molecule has 1 rings (SSSR count). The zero-order valence-corrected chi connectivity index (χ0v) is 13.0. The predicted molar refractivity (Wildman–Crippen MR) is 78.0 cm³/mol. The van der Waals surface area contributed by atoms with Crippen molar-refractivity contribution in [3.8, 4) is 0 Å². The van der Waals surface area contributed by atoms with E-state index in [0.29, 0.717) is 11.5 Å². The van der Waals surface area contributed by atoms with E-state index in [1.54, 1.807) is 0 Å². The molecule has 1 heterocycles. The van der Waals surface area contributed by atoms with Crippen molar-refractivity contribution in [2.75, 3.05) is 39.9 Å². The van der Waals surface area contributed by atoms with Gasteiger partial charge in [-0.2, -0.15) is 0 Å². The van der Waals surface area contributed by atoms with Crippen molar-refractivity contribution in [1.29, 1.82) is 0 Å². The Morgan fingerprint density at radius 2 is 2.17 bits per heavy atom. The van der Waals surface area contributed by atoms with Crippen LogP contribution in [0.1, 0.15) is 40.5 Å². The Morgan fingerprint density at radius 1 is 1.44 bits per heavy atom. The summed E-state index contributed by atoms with van der Waals surface area (Å²) in [5, 5.41) is 3.63. The van der Waals surface area contributed by atoms with Crippen molar-refractivity contribution in [3.05, 3.63) is 0 Å². The second-order valence-electron chi connectivity index (χ2n) is 6.51. The lowest BCUT2D eigenvalue weighted by Gasteiger charge is -2.36. The monoisotopic (exact) mass is 256 g/mol. The first-order valence-corrected chi connectivity index (χ1v) is 7.44. The van der Waals surface area contributed by atoms with Gasteiger partial charge in [-0.1, -0.05) is 20.8 Å². The molecule has 18 heavy (non-hydrogen) atoms. The molecule has 2 unspecified atom stereocenters. The van der Waals surface area contributed by atoms with E-state index in [9.17, 15) is 0 Å². The zero-order valence-electron chi connectivity index (χ0n) is 13.0. The summed E-state index contributed by atoms with van der Waals surface area (Å²) in [6, 6.07) is 0.568. The summed E-state index contributed by atoms with van der Waals surface area (Å²) < 4.78 is 5.27. The molecule has 3 heteroatoms. The molecule has 0 radical (unpaired) electrons. The van der Waals surface area contributed by atoms with E-state index in [2.05, 4.69) is 37.9 Å². The lowest BCUT2D eigenvalue weighted by atomic mass is 9.84. The van der Waals surface area contributed by atoms with E-state index < -0.39 is 0 Å². The van der Waals surface area contributed by atoms with Gasteiger partial charge >= 0.3 is 0 Å². The van der Waals surface area contributed by atoms with Gasteiger partial charge in [-0.15, -0.1) is 0 Å². The van der Waals surface area contributed by atoms with E-state index >= 15 is 0 Å². The van der Waals surface area contributed by atoms with Gasteiger partial charge in [0.1, 0.15) is 0 Å². The van der Waals surface area contributed by atoms with Crippen molar-refractivity contribution in [2.24, 2.45) is 11.3 Å². The van der Waals surface area contributed by atoms with Crippen LogP contribution in [0.3, 0.4) is 0 Å². The number of ether oxygens (including phenoxy) is 1. The summed E-state index contributed by atoms with van der Waals surface area (Å²) in [6.45, 7) is 15.0. The fourth-order valence-corrected chi connectivity index (χ4v) is 2.78. The standard InChI is InChI=1S/C15H32N2O/c1-6-8-16-13(2)15(3,4)12-17-9-7-14(10-17)11-18-5/h13-14,16H,6-12H2,1-5H3. The quantitative estimate of drug-likeness (QED) is 0.721. The number of rotatable bonds is 8. The maximum Gasteiger partial charge on any atom is 0.0503 e. The Balaban J connectivity index is 2.36. The van der Waals surface area contributed by atoms with E-state index in [1.807, 2.05) is 7.11 Å². The van der Waals surface area contributed by atoms with Crippen molar-refractivity contribution in [3.63, 3.8) is 0 Å². The third-order valence-corrected chi connectivity index (χ3v) is 4.28. The highest BCUT2D eigenvalue weighted by molar-refractivity contribution is 4.86. The van der Waals surface area contributed by atoms with Crippen LogP contribution >= 0.6 is 0 Å². The smallest absolute Gasteiger partial charge is 0.0503 e. The number of likely N-dealkylation sites (tertiary alicyclic amines) is 1. The molecule has 0 saturated carbocycles. The summed E-state index contributed by atoms with van der Waals surface area (Å²) >= 11 is 0. The molecule has 0 spiro atoms. The first-order chi connectivity index (χ1) is 8.49. The minimum absolute atomic E-state index is 0.330. The molecule has 1 aliphatic rings. The summed E-state index contributed by atoms with van der Waals surface area (Å²) in [4.78, 5) is 2.60. The van der Waals surface area contributed by atoms with Crippen molar-refractivity contribution in [2.45, 2.75) is 46.6 Å². The van der Waals surface area contributed by atoms with Gasteiger partial charge in [-0.25, -0.2) is 0 Å². The Kier molecular flexibility index (Phi) is 6.61. The highest BCUT2D eigenvalue weighted by Crippen LogP contribution is 2.26. The van der Waals surface area contributed by atoms with Gasteiger partial charge in [0, 0.05) is 26.2 Å². The van der Waals surface area contributed by atoms with Crippen LogP contribution < -0.4 is 5.32 Å². The maximum absolute atomic E-state index is 5.27. The van der Waals surface area contributed by atoms with Crippen molar-refractivity contribution < 1.29 is 4.74 Å². The number of nitrogens with one attached hydrogen (secondary N) is 1. The van der Waals surface area contributed by atoms with Crippen LogP contribution in [-0.2, 0) is 4.74 Å².